The first-order chi connectivity index (χ1) is 6.81. The summed E-state index contributed by atoms with van der Waals surface area (Å²) in [6.07, 6.45) is 1.95. The van der Waals surface area contributed by atoms with Crippen molar-refractivity contribution in [1.29, 1.82) is 0 Å². The van der Waals surface area contributed by atoms with Crippen molar-refractivity contribution in [3.63, 3.8) is 0 Å². The minimum Gasteiger partial charge on any atom is -0.493 e. The van der Waals surface area contributed by atoms with Gasteiger partial charge in [-0.3, -0.25) is 0 Å². The molecule has 0 aromatic heterocycles. The number of hydrogen-bond acceptors (Lipinski definition) is 3. The van der Waals surface area contributed by atoms with Crippen molar-refractivity contribution in [2.24, 2.45) is 0 Å². The third-order valence-electron chi connectivity index (χ3n) is 2.28. The van der Waals surface area contributed by atoms with Crippen molar-refractivity contribution >= 4 is 5.69 Å². The molecule has 0 bridgehead atoms. The number of fused-ring (bicyclic) bond motifs is 1. The maximum Gasteiger partial charge on any atom is 0.142 e. The first-order valence-corrected chi connectivity index (χ1v) is 4.99. The van der Waals surface area contributed by atoms with Crippen molar-refractivity contribution in [3.8, 4) is 11.5 Å². The van der Waals surface area contributed by atoms with Gasteiger partial charge in [-0.1, -0.05) is 6.92 Å². The molecule has 0 aliphatic carbocycles. The molecule has 1 aromatic rings. The Hall–Kier alpha value is -1.38. The molecule has 0 atom stereocenters. The number of hydrogen-bond donors (Lipinski definition) is 1. The molecule has 0 unspecified atom stereocenters. The van der Waals surface area contributed by atoms with Crippen molar-refractivity contribution < 1.29 is 9.47 Å². The van der Waals surface area contributed by atoms with E-state index in [1.54, 1.807) is 0 Å². The van der Waals surface area contributed by atoms with Gasteiger partial charge in [0.2, 0.25) is 0 Å². The Balaban J connectivity index is 2.23. The summed E-state index contributed by atoms with van der Waals surface area (Å²) in [5.41, 5.74) is 7.69. The Morgan fingerprint density at radius 3 is 3.14 bits per heavy atom. The average molecular weight is 193 g/mol. The lowest BCUT2D eigenvalue weighted by Gasteiger charge is -2.09. The molecule has 1 heterocycles. The molecule has 2 rings (SSSR count). The lowest BCUT2D eigenvalue weighted by molar-refractivity contribution is 0.318. The lowest BCUT2D eigenvalue weighted by Crippen LogP contribution is -1.99. The van der Waals surface area contributed by atoms with Crippen LogP contribution in [0.2, 0.25) is 0 Å². The van der Waals surface area contributed by atoms with Gasteiger partial charge in [0.05, 0.1) is 18.9 Å². The quantitative estimate of drug-likeness (QED) is 0.747. The number of nitrogen functional groups attached to an aromatic ring is 1. The van der Waals surface area contributed by atoms with Gasteiger partial charge in [-0.15, -0.1) is 0 Å². The molecule has 1 aliphatic heterocycles. The highest BCUT2D eigenvalue weighted by molar-refractivity contribution is 5.60. The lowest BCUT2D eigenvalue weighted by atomic mass is 10.1. The minimum atomic E-state index is 0.666. The Morgan fingerprint density at radius 1 is 1.50 bits per heavy atom. The summed E-state index contributed by atoms with van der Waals surface area (Å²) in [6.45, 7) is 3.54. The van der Waals surface area contributed by atoms with Crippen LogP contribution in [-0.2, 0) is 6.42 Å². The van der Waals surface area contributed by atoms with E-state index in [0.29, 0.717) is 12.3 Å². The van der Waals surface area contributed by atoms with Crippen LogP contribution in [0.15, 0.2) is 12.1 Å². The first-order valence-electron chi connectivity index (χ1n) is 4.99. The Morgan fingerprint density at radius 2 is 2.36 bits per heavy atom. The smallest absolute Gasteiger partial charge is 0.142 e. The molecule has 1 aliphatic rings. The third-order valence-corrected chi connectivity index (χ3v) is 2.28. The maximum atomic E-state index is 5.83. The summed E-state index contributed by atoms with van der Waals surface area (Å²) in [5.74, 6) is 1.70. The highest BCUT2D eigenvalue weighted by atomic mass is 16.5. The molecule has 0 amide bonds. The molecule has 0 spiro atoms. The van der Waals surface area contributed by atoms with Crippen molar-refractivity contribution in [2.45, 2.75) is 19.8 Å². The fourth-order valence-corrected chi connectivity index (χ4v) is 1.56. The minimum absolute atomic E-state index is 0.666. The van der Waals surface area contributed by atoms with Gasteiger partial charge in [0, 0.05) is 18.1 Å². The van der Waals surface area contributed by atoms with Crippen LogP contribution in [0.1, 0.15) is 18.9 Å². The second kappa shape index (κ2) is 3.78. The van der Waals surface area contributed by atoms with Crippen LogP contribution < -0.4 is 15.2 Å². The highest BCUT2D eigenvalue weighted by Gasteiger charge is 2.15. The van der Waals surface area contributed by atoms with Gasteiger partial charge in [-0.25, -0.2) is 0 Å². The number of anilines is 1. The van der Waals surface area contributed by atoms with Crippen molar-refractivity contribution in [1.82, 2.24) is 0 Å². The van der Waals surface area contributed by atoms with E-state index in [1.807, 2.05) is 12.1 Å². The zero-order valence-corrected chi connectivity index (χ0v) is 8.38. The van der Waals surface area contributed by atoms with Crippen molar-refractivity contribution in [2.75, 3.05) is 18.9 Å². The van der Waals surface area contributed by atoms with Gasteiger partial charge in [-0.05, 0) is 12.5 Å². The Bertz CT molecular complexity index is 336. The van der Waals surface area contributed by atoms with Crippen molar-refractivity contribution in [3.05, 3.63) is 17.7 Å². The molecule has 0 fully saturated rings. The van der Waals surface area contributed by atoms with E-state index in [4.69, 9.17) is 15.2 Å². The molecule has 0 radical (unpaired) electrons. The molecule has 0 saturated carbocycles. The van der Waals surface area contributed by atoms with Gasteiger partial charge >= 0.3 is 0 Å². The number of benzene rings is 1. The summed E-state index contributed by atoms with van der Waals surface area (Å²) >= 11 is 0. The van der Waals surface area contributed by atoms with Crippen LogP contribution in [0.4, 0.5) is 5.69 Å². The van der Waals surface area contributed by atoms with Gasteiger partial charge < -0.3 is 15.2 Å². The zero-order chi connectivity index (χ0) is 9.97. The fourth-order valence-electron chi connectivity index (χ4n) is 1.56. The largest absolute Gasteiger partial charge is 0.493 e. The summed E-state index contributed by atoms with van der Waals surface area (Å²) in [4.78, 5) is 0. The second-order valence-electron chi connectivity index (χ2n) is 3.44. The number of ether oxygens (including phenoxy) is 2. The number of nitrogens with two attached hydrogens (primary N) is 1. The van der Waals surface area contributed by atoms with E-state index >= 15 is 0 Å². The van der Waals surface area contributed by atoms with E-state index in [-0.39, 0.29) is 0 Å². The van der Waals surface area contributed by atoms with Crippen LogP contribution in [0.3, 0.4) is 0 Å². The summed E-state index contributed by atoms with van der Waals surface area (Å²) < 4.78 is 10.9. The zero-order valence-electron chi connectivity index (χ0n) is 8.38. The van der Waals surface area contributed by atoms with E-state index in [2.05, 4.69) is 6.92 Å². The predicted octanol–water partition coefficient (Wildman–Crippen LogP) is 1.99. The molecular weight excluding hydrogens is 178 g/mol. The van der Waals surface area contributed by atoms with Crippen LogP contribution in [0.25, 0.3) is 0 Å². The van der Waals surface area contributed by atoms with E-state index in [0.717, 1.165) is 30.9 Å². The van der Waals surface area contributed by atoms with Crippen LogP contribution in [0, 0.1) is 0 Å². The Labute approximate surface area is 83.8 Å². The standard InChI is InChI=1S/C11H15NO2/c1-2-4-13-11-6-8-3-5-14-10(8)7-9(11)12/h6-7H,2-5,12H2,1H3. The highest BCUT2D eigenvalue weighted by Crippen LogP contribution is 2.34. The van der Waals surface area contributed by atoms with E-state index in [9.17, 15) is 0 Å². The number of rotatable bonds is 3. The molecule has 3 nitrogen and oxygen atoms in total. The molecule has 1 aromatic carbocycles. The first kappa shape index (κ1) is 9.19. The SMILES string of the molecule is CCCOc1cc2c(cc1N)OCC2. The summed E-state index contributed by atoms with van der Waals surface area (Å²) in [5, 5.41) is 0. The van der Waals surface area contributed by atoms with Crippen LogP contribution >= 0.6 is 0 Å². The molecular formula is C11H15NO2. The maximum absolute atomic E-state index is 5.83. The van der Waals surface area contributed by atoms with Gasteiger partial charge in [-0.2, -0.15) is 0 Å². The molecule has 0 saturated heterocycles. The van der Waals surface area contributed by atoms with Gasteiger partial charge in [0.25, 0.3) is 0 Å². The molecule has 3 heteroatoms. The molecule has 2 N–H and O–H groups in total. The average Bonchev–Trinajstić information content (AvgIpc) is 2.61. The van der Waals surface area contributed by atoms with Crippen LogP contribution in [0.5, 0.6) is 11.5 Å². The van der Waals surface area contributed by atoms with Crippen LogP contribution in [-0.4, -0.2) is 13.2 Å². The van der Waals surface area contributed by atoms with E-state index in [1.165, 1.54) is 5.56 Å². The normalized spacial score (nSPS) is 13.5. The third kappa shape index (κ3) is 1.62. The molecule has 14 heavy (non-hydrogen) atoms. The van der Waals surface area contributed by atoms with Gasteiger partial charge in [0.1, 0.15) is 11.5 Å². The van der Waals surface area contributed by atoms with E-state index < -0.39 is 0 Å². The summed E-state index contributed by atoms with van der Waals surface area (Å²) in [7, 11) is 0. The fraction of sp³-hybridized carbons (Fsp3) is 0.455. The second-order valence-corrected chi connectivity index (χ2v) is 3.44. The molecule has 76 valence electrons. The summed E-state index contributed by atoms with van der Waals surface area (Å²) in [6, 6.07) is 3.85. The monoisotopic (exact) mass is 193 g/mol. The Kier molecular flexibility index (Phi) is 2.48. The van der Waals surface area contributed by atoms with Gasteiger partial charge in [0.15, 0.2) is 0 Å². The predicted molar refractivity (Wildman–Crippen MR) is 55.8 cm³/mol. The topological polar surface area (TPSA) is 44.5 Å².